The van der Waals surface area contributed by atoms with Crippen molar-refractivity contribution in [2.24, 2.45) is 9.98 Å². The Hall–Kier alpha value is -3.27. The lowest BCUT2D eigenvalue weighted by Gasteiger charge is -2.43. The number of nitrogens with zero attached hydrogens (tertiary/aromatic N) is 3. The first-order valence-corrected chi connectivity index (χ1v) is 11.2. The van der Waals surface area contributed by atoms with Crippen LogP contribution >= 0.6 is 11.6 Å². The molecule has 0 spiro atoms. The summed E-state index contributed by atoms with van der Waals surface area (Å²) in [5.74, 6) is -5.48. The summed E-state index contributed by atoms with van der Waals surface area (Å²) < 4.78 is 112. The number of carbonyl (C=O) groups excluding carboxylic acids is 2. The maximum atomic E-state index is 15.1. The van der Waals surface area contributed by atoms with E-state index < -0.39 is 65.1 Å². The van der Waals surface area contributed by atoms with Crippen LogP contribution in [-0.4, -0.2) is 67.8 Å². The lowest BCUT2D eigenvalue weighted by Crippen LogP contribution is -2.64. The second kappa shape index (κ2) is 12.3. The Morgan fingerprint density at radius 3 is 2.28 bits per heavy atom. The monoisotopic (exact) mass is 592 g/mol. The zero-order valence-electron chi connectivity index (χ0n) is 20.1. The Morgan fingerprint density at radius 1 is 1.21 bits per heavy atom. The maximum absolute atomic E-state index is 15.1. The number of aliphatic imine (C=N–C) groups is 2. The van der Waals surface area contributed by atoms with Gasteiger partial charge < -0.3 is 10.1 Å². The molecule has 0 unspecified atom stereocenters. The lowest BCUT2D eigenvalue weighted by molar-refractivity contribution is -0.351. The van der Waals surface area contributed by atoms with Gasteiger partial charge in [0.1, 0.15) is 5.75 Å². The molecule has 0 aliphatic heterocycles. The van der Waals surface area contributed by atoms with Gasteiger partial charge in [-0.25, -0.2) is 8.78 Å². The van der Waals surface area contributed by atoms with Gasteiger partial charge in [0.25, 0.3) is 17.4 Å². The van der Waals surface area contributed by atoms with Crippen molar-refractivity contribution in [1.82, 2.24) is 5.32 Å². The number of nitrogens with one attached hydrogen (secondary N) is 1. The molecular weight excluding hydrogens is 572 g/mol. The minimum absolute atomic E-state index is 0.230. The zero-order valence-corrected chi connectivity index (χ0v) is 20.9. The molecule has 1 aromatic carbocycles. The van der Waals surface area contributed by atoms with E-state index in [9.17, 15) is 40.3 Å². The van der Waals surface area contributed by atoms with Crippen LogP contribution in [0.1, 0.15) is 19.8 Å². The van der Waals surface area contributed by atoms with Gasteiger partial charge in [-0.05, 0) is 38.6 Å². The summed E-state index contributed by atoms with van der Waals surface area (Å²) in [5.41, 5.74) is -6.56. The Bertz CT molecular complexity index is 1140. The van der Waals surface area contributed by atoms with Crippen molar-refractivity contribution >= 4 is 42.0 Å². The average Bonchev–Trinajstić information content (AvgIpc) is 2.76. The summed E-state index contributed by atoms with van der Waals surface area (Å²) in [6, 6.07) is 0.525. The molecule has 17 heteroatoms. The van der Waals surface area contributed by atoms with Crippen LogP contribution in [0.5, 0.6) is 5.75 Å². The summed E-state index contributed by atoms with van der Waals surface area (Å²) in [5, 5.41) is 2.37. The van der Waals surface area contributed by atoms with E-state index in [0.29, 0.717) is 12.1 Å². The van der Waals surface area contributed by atoms with Crippen molar-refractivity contribution in [1.29, 1.82) is 0 Å². The van der Waals surface area contributed by atoms with Crippen LogP contribution in [0, 0.1) is 5.82 Å². The number of alkyl halides is 8. The second-order valence-electron chi connectivity index (χ2n) is 8.19. The van der Waals surface area contributed by atoms with Crippen molar-refractivity contribution in [2.45, 2.75) is 55.8 Å². The van der Waals surface area contributed by atoms with Crippen molar-refractivity contribution < 1.29 is 54.2 Å². The number of benzene rings is 1. The molecule has 1 N–H and O–H groups in total. The second-order valence-corrected chi connectivity index (χ2v) is 8.57. The number of amides is 2. The molecule has 0 aromatic heterocycles. The molecular formula is C22H21ClF8N4O4. The first-order valence-electron chi connectivity index (χ1n) is 10.7. The quantitative estimate of drug-likeness (QED) is 0.240. The van der Waals surface area contributed by atoms with E-state index in [1.54, 1.807) is 0 Å². The van der Waals surface area contributed by atoms with Gasteiger partial charge in [-0.2, -0.15) is 0 Å². The fourth-order valence-corrected chi connectivity index (χ4v) is 3.82. The highest BCUT2D eigenvalue weighted by Crippen LogP contribution is 2.37. The topological polar surface area (TPSA) is 92.6 Å². The number of anilines is 1. The van der Waals surface area contributed by atoms with Gasteiger partial charge in [0.2, 0.25) is 0 Å². The van der Waals surface area contributed by atoms with E-state index >= 15 is 4.39 Å². The summed E-state index contributed by atoms with van der Waals surface area (Å²) >= 11 is 5.34. The van der Waals surface area contributed by atoms with E-state index in [-0.39, 0.29) is 29.4 Å². The molecule has 0 saturated heterocycles. The number of hydrogen-bond donors (Lipinski definition) is 1. The molecule has 1 aliphatic carbocycles. The van der Waals surface area contributed by atoms with Crippen molar-refractivity contribution in [3.05, 3.63) is 35.8 Å². The molecule has 8 nitrogen and oxygen atoms in total. The van der Waals surface area contributed by atoms with Crippen molar-refractivity contribution in [2.75, 3.05) is 11.9 Å². The van der Waals surface area contributed by atoms with E-state index in [0.717, 1.165) is 19.3 Å². The van der Waals surface area contributed by atoms with Gasteiger partial charge in [-0.1, -0.05) is 11.6 Å². The molecule has 1 saturated carbocycles. The number of carbonyl (C=O) groups is 2. The Balaban J connectivity index is 2.60. The molecule has 1 fully saturated rings. The molecule has 1 aliphatic rings. The highest BCUT2D eigenvalue weighted by atomic mass is 35.5. The molecule has 0 bridgehead atoms. The third-order valence-corrected chi connectivity index (χ3v) is 5.67. The van der Waals surface area contributed by atoms with Crippen LogP contribution < -0.4 is 15.0 Å². The predicted molar refractivity (Wildman–Crippen MR) is 124 cm³/mol. The first-order chi connectivity index (χ1) is 17.9. The van der Waals surface area contributed by atoms with Gasteiger partial charge >= 0.3 is 12.7 Å². The third-order valence-electron chi connectivity index (χ3n) is 5.48. The van der Waals surface area contributed by atoms with E-state index in [1.165, 1.54) is 7.05 Å². The summed E-state index contributed by atoms with van der Waals surface area (Å²) in [7, 11) is 1.23. The fourth-order valence-electron chi connectivity index (χ4n) is 3.72. The van der Waals surface area contributed by atoms with Crippen LogP contribution in [0.2, 0.25) is 0 Å². The Kier molecular flexibility index (Phi) is 10.1. The summed E-state index contributed by atoms with van der Waals surface area (Å²) in [6.45, 7) is 4.21. The largest absolute Gasteiger partial charge is 0.573 e. The number of halogens is 9. The van der Waals surface area contributed by atoms with E-state index in [4.69, 9.17) is 11.6 Å². The lowest BCUT2D eigenvalue weighted by atomic mass is 9.85. The highest BCUT2D eigenvalue weighted by Gasteiger charge is 2.50. The standard InChI is InChI=1S/C22H21ClF8N4O4/c1-20(11(9-32-2)10-33-3,19(37)34-12-6-14(7-12)39-22(29,30)31)35(18(36)17(23)25)16-5-4-13(8-15(16)24)38-21(26,27)28/h4-5,8-10,12,14,17H,2,6-7H2,1,3H3,(H,34,37)/b11-9+,33-10-/t12?,14?,17-,20-/m0/s1. The van der Waals surface area contributed by atoms with Gasteiger partial charge in [-0.3, -0.25) is 29.2 Å². The van der Waals surface area contributed by atoms with Crippen LogP contribution in [0.15, 0.2) is 40.0 Å². The molecule has 1 aromatic rings. The Morgan fingerprint density at radius 2 is 1.82 bits per heavy atom. The van der Waals surface area contributed by atoms with Gasteiger partial charge in [0.15, 0.2) is 11.4 Å². The summed E-state index contributed by atoms with van der Waals surface area (Å²) in [4.78, 5) is 34.0. The summed E-state index contributed by atoms with van der Waals surface area (Å²) in [6.07, 6.45) is -10.1. The van der Waals surface area contributed by atoms with Crippen molar-refractivity contribution in [3.63, 3.8) is 0 Å². The van der Waals surface area contributed by atoms with Gasteiger partial charge in [0.05, 0.1) is 11.8 Å². The smallest absolute Gasteiger partial charge is 0.406 e. The first kappa shape index (κ1) is 31.9. The van der Waals surface area contributed by atoms with Crippen molar-refractivity contribution in [3.8, 4) is 5.75 Å². The maximum Gasteiger partial charge on any atom is 0.573 e. The van der Waals surface area contributed by atoms with Crippen LogP contribution in [0.25, 0.3) is 0 Å². The minimum atomic E-state index is -5.20. The molecule has 39 heavy (non-hydrogen) atoms. The average molecular weight is 593 g/mol. The van der Waals surface area contributed by atoms with Crippen LogP contribution in [0.3, 0.4) is 0 Å². The minimum Gasteiger partial charge on any atom is -0.406 e. The van der Waals surface area contributed by atoms with Crippen LogP contribution in [-0.2, 0) is 14.3 Å². The van der Waals surface area contributed by atoms with Gasteiger partial charge in [-0.15, -0.1) is 26.3 Å². The Labute approximate surface area is 221 Å². The SMILES string of the molecule is C=N/C=C(\C=N/C)[C@@](C)(C(=O)NC1CC(OC(F)(F)F)C1)N(C(=O)[C@H](F)Cl)c1ccc(OC(F)(F)F)cc1F. The number of rotatable bonds is 10. The van der Waals surface area contributed by atoms with Crippen LogP contribution in [0.4, 0.5) is 40.8 Å². The third kappa shape index (κ3) is 8.11. The predicted octanol–water partition coefficient (Wildman–Crippen LogP) is 4.82. The number of hydrogen-bond acceptors (Lipinski definition) is 6. The molecule has 0 heterocycles. The molecule has 2 amide bonds. The molecule has 2 atom stereocenters. The van der Waals surface area contributed by atoms with Gasteiger partial charge in [0, 0.05) is 37.1 Å². The highest BCUT2D eigenvalue weighted by molar-refractivity contribution is 6.32. The zero-order chi connectivity index (χ0) is 29.8. The molecule has 216 valence electrons. The molecule has 2 rings (SSSR count). The molecule has 0 radical (unpaired) electrons. The van der Waals surface area contributed by atoms with E-state index in [2.05, 4.69) is 31.5 Å². The normalized spacial score (nSPS) is 20.5. The van der Waals surface area contributed by atoms with E-state index in [1.807, 2.05) is 0 Å². The fraction of sp³-hybridized carbons (Fsp3) is 0.455. The number of ether oxygens (including phenoxy) is 2.